The van der Waals surface area contributed by atoms with Crippen LogP contribution in [0.25, 0.3) is 0 Å². The molecule has 0 saturated carbocycles. The zero-order chi connectivity index (χ0) is 15.4. The fourth-order valence-electron chi connectivity index (χ4n) is 1.80. The normalized spacial score (nSPS) is 10.4. The van der Waals surface area contributed by atoms with Crippen LogP contribution in [0.2, 0.25) is 0 Å². The number of benzene rings is 1. The highest BCUT2D eigenvalue weighted by atomic mass is 19.1. The first-order chi connectivity index (χ1) is 10.0. The number of nitrogens with zero attached hydrogens (tertiary/aromatic N) is 3. The van der Waals surface area contributed by atoms with Crippen molar-refractivity contribution >= 4 is 11.7 Å². The van der Waals surface area contributed by atoms with Crippen LogP contribution in [0.5, 0.6) is 0 Å². The van der Waals surface area contributed by atoms with Crippen molar-refractivity contribution in [3.63, 3.8) is 0 Å². The molecule has 2 rings (SSSR count). The summed E-state index contributed by atoms with van der Waals surface area (Å²) in [5, 5.41) is 14.8. The van der Waals surface area contributed by atoms with Gasteiger partial charge in [0.25, 0.3) is 5.69 Å². The fourth-order valence-corrected chi connectivity index (χ4v) is 1.80. The molecule has 8 heteroatoms. The minimum atomic E-state index is -0.593. The summed E-state index contributed by atoms with van der Waals surface area (Å²) in [6.45, 7) is 1.89. The average Bonchev–Trinajstić information content (AvgIpc) is 2.87. The fraction of sp³-hybridized carbons (Fsp3) is 0.231. The predicted molar refractivity (Wildman–Crippen MR) is 70.3 cm³/mol. The minimum Gasteiger partial charge on any atom is -0.462 e. The van der Waals surface area contributed by atoms with Crippen LogP contribution in [-0.4, -0.2) is 27.3 Å². The van der Waals surface area contributed by atoms with E-state index in [2.05, 4.69) is 5.10 Å². The Labute approximate surface area is 119 Å². The molecule has 0 aliphatic carbocycles. The van der Waals surface area contributed by atoms with Crippen molar-refractivity contribution in [1.82, 2.24) is 9.78 Å². The Morgan fingerprint density at radius 3 is 2.95 bits per heavy atom. The zero-order valence-corrected chi connectivity index (χ0v) is 11.2. The maximum absolute atomic E-state index is 13.2. The number of carbonyl (C=O) groups is 1. The highest BCUT2D eigenvalue weighted by Crippen LogP contribution is 2.20. The van der Waals surface area contributed by atoms with E-state index in [1.165, 1.54) is 17.1 Å². The molecule has 0 aliphatic heterocycles. The molecule has 0 unspecified atom stereocenters. The Morgan fingerprint density at radius 1 is 1.52 bits per heavy atom. The lowest BCUT2D eigenvalue weighted by atomic mass is 10.2. The van der Waals surface area contributed by atoms with Gasteiger partial charge in [-0.3, -0.25) is 14.8 Å². The van der Waals surface area contributed by atoms with Crippen LogP contribution in [0.4, 0.5) is 10.1 Å². The average molecular weight is 293 g/mol. The molecule has 0 bridgehead atoms. The smallest absolute Gasteiger partial charge is 0.341 e. The van der Waals surface area contributed by atoms with Crippen molar-refractivity contribution in [2.75, 3.05) is 6.61 Å². The number of hydrogen-bond donors (Lipinski definition) is 0. The summed E-state index contributed by atoms with van der Waals surface area (Å²) in [7, 11) is 0. The summed E-state index contributed by atoms with van der Waals surface area (Å²) in [6.07, 6.45) is 2.69. The Bertz CT molecular complexity index is 684. The molecule has 1 heterocycles. The lowest BCUT2D eigenvalue weighted by Crippen LogP contribution is -2.05. The highest BCUT2D eigenvalue weighted by molar-refractivity contribution is 5.88. The Hall–Kier alpha value is -2.77. The van der Waals surface area contributed by atoms with Gasteiger partial charge in [0.1, 0.15) is 5.82 Å². The van der Waals surface area contributed by atoms with Gasteiger partial charge in [-0.25, -0.2) is 9.18 Å². The molecule has 21 heavy (non-hydrogen) atoms. The lowest BCUT2D eigenvalue weighted by Gasteiger charge is -2.03. The molecule has 0 atom stereocenters. The van der Waals surface area contributed by atoms with E-state index in [4.69, 9.17) is 4.74 Å². The topological polar surface area (TPSA) is 87.3 Å². The van der Waals surface area contributed by atoms with Gasteiger partial charge in [0.2, 0.25) is 0 Å². The number of nitro groups is 1. The number of halogens is 1. The molecule has 0 N–H and O–H groups in total. The van der Waals surface area contributed by atoms with E-state index >= 15 is 0 Å². The molecule has 1 aromatic carbocycles. The van der Waals surface area contributed by atoms with Crippen LogP contribution in [0.1, 0.15) is 22.8 Å². The van der Waals surface area contributed by atoms with Crippen LogP contribution in [0, 0.1) is 15.9 Å². The molecular formula is C13H12FN3O4. The van der Waals surface area contributed by atoms with Gasteiger partial charge in [-0.15, -0.1) is 0 Å². The summed E-state index contributed by atoms with van der Waals surface area (Å²) in [5.74, 6) is -1.11. The largest absolute Gasteiger partial charge is 0.462 e. The number of nitro benzene ring substituents is 1. The Balaban J connectivity index is 2.24. The maximum Gasteiger partial charge on any atom is 0.341 e. The molecule has 2 aromatic rings. The monoisotopic (exact) mass is 293 g/mol. The summed E-state index contributed by atoms with van der Waals surface area (Å²) < 4.78 is 19.3. The van der Waals surface area contributed by atoms with E-state index in [9.17, 15) is 19.3 Å². The standard InChI is InChI=1S/C13H12FN3O4/c1-2-21-13(18)10-6-15-16(8-10)7-9-5-11(14)3-4-12(9)17(19)20/h3-6,8H,2,7H2,1H3. The van der Waals surface area contributed by atoms with Gasteiger partial charge >= 0.3 is 5.97 Å². The minimum absolute atomic E-state index is 0.0204. The van der Waals surface area contributed by atoms with Gasteiger partial charge in [-0.2, -0.15) is 5.10 Å². The first-order valence-corrected chi connectivity index (χ1v) is 6.13. The SMILES string of the molecule is CCOC(=O)c1cnn(Cc2cc(F)ccc2[N+](=O)[O-])c1. The number of aromatic nitrogens is 2. The highest BCUT2D eigenvalue weighted by Gasteiger charge is 2.16. The second-order valence-electron chi connectivity index (χ2n) is 4.18. The third-order valence-corrected chi connectivity index (χ3v) is 2.71. The van der Waals surface area contributed by atoms with Gasteiger partial charge in [-0.05, 0) is 19.1 Å². The molecule has 1 aromatic heterocycles. The van der Waals surface area contributed by atoms with Crippen molar-refractivity contribution in [2.24, 2.45) is 0 Å². The molecule has 0 radical (unpaired) electrons. The van der Waals surface area contributed by atoms with Crippen molar-refractivity contribution in [2.45, 2.75) is 13.5 Å². The third-order valence-electron chi connectivity index (χ3n) is 2.71. The molecule has 0 amide bonds. The summed E-state index contributed by atoms with van der Waals surface area (Å²) in [4.78, 5) is 21.8. The molecule has 0 saturated heterocycles. The van der Waals surface area contributed by atoms with E-state index in [0.717, 1.165) is 18.2 Å². The van der Waals surface area contributed by atoms with Crippen LogP contribution >= 0.6 is 0 Å². The summed E-state index contributed by atoms with van der Waals surface area (Å²) in [6, 6.07) is 3.19. The first kappa shape index (κ1) is 14.6. The molecule has 0 aliphatic rings. The molecular weight excluding hydrogens is 281 g/mol. The van der Waals surface area contributed by atoms with Gasteiger partial charge < -0.3 is 4.74 Å². The van der Waals surface area contributed by atoms with Gasteiger partial charge in [0.05, 0.1) is 35.4 Å². The van der Waals surface area contributed by atoms with E-state index in [0.29, 0.717) is 0 Å². The number of rotatable bonds is 5. The second-order valence-corrected chi connectivity index (χ2v) is 4.18. The second kappa shape index (κ2) is 6.12. The number of hydrogen-bond acceptors (Lipinski definition) is 5. The van der Waals surface area contributed by atoms with E-state index < -0.39 is 16.7 Å². The van der Waals surface area contributed by atoms with Crippen molar-refractivity contribution in [3.8, 4) is 0 Å². The van der Waals surface area contributed by atoms with Gasteiger partial charge in [0, 0.05) is 12.3 Å². The lowest BCUT2D eigenvalue weighted by molar-refractivity contribution is -0.385. The predicted octanol–water partition coefficient (Wildman–Crippen LogP) is 2.16. The van der Waals surface area contributed by atoms with Crippen molar-refractivity contribution in [1.29, 1.82) is 0 Å². The van der Waals surface area contributed by atoms with Crippen LogP contribution in [0.3, 0.4) is 0 Å². The van der Waals surface area contributed by atoms with Crippen LogP contribution in [-0.2, 0) is 11.3 Å². The van der Waals surface area contributed by atoms with Crippen LogP contribution < -0.4 is 0 Å². The maximum atomic E-state index is 13.2. The summed E-state index contributed by atoms with van der Waals surface area (Å²) >= 11 is 0. The molecule has 7 nitrogen and oxygen atoms in total. The first-order valence-electron chi connectivity index (χ1n) is 6.13. The van der Waals surface area contributed by atoms with E-state index in [1.54, 1.807) is 6.92 Å². The van der Waals surface area contributed by atoms with Crippen LogP contribution in [0.15, 0.2) is 30.6 Å². The third kappa shape index (κ3) is 3.41. The van der Waals surface area contributed by atoms with Crippen molar-refractivity contribution in [3.05, 3.63) is 57.7 Å². The van der Waals surface area contributed by atoms with Gasteiger partial charge in [0.15, 0.2) is 0 Å². The molecule has 0 spiro atoms. The molecule has 0 fully saturated rings. The zero-order valence-electron chi connectivity index (χ0n) is 11.2. The summed E-state index contributed by atoms with van der Waals surface area (Å²) in [5.41, 5.74) is 0.194. The Morgan fingerprint density at radius 2 is 2.29 bits per heavy atom. The molecule has 110 valence electrons. The van der Waals surface area contributed by atoms with E-state index in [-0.39, 0.29) is 30.0 Å². The van der Waals surface area contributed by atoms with Crippen molar-refractivity contribution < 1.29 is 18.8 Å². The van der Waals surface area contributed by atoms with Gasteiger partial charge in [-0.1, -0.05) is 0 Å². The number of esters is 1. The number of carbonyl (C=O) groups excluding carboxylic acids is 1. The van der Waals surface area contributed by atoms with E-state index in [1.807, 2.05) is 0 Å². The number of ether oxygens (including phenoxy) is 1. The quantitative estimate of drug-likeness (QED) is 0.479. The Kier molecular flexibility index (Phi) is 4.27.